The number of unbranched alkanes of at least 4 members (excludes halogenated alkanes) is 18. The largest absolute Gasteiger partial charge is 0.395 e. The summed E-state index contributed by atoms with van der Waals surface area (Å²) in [4.78, 5) is 2.51. The summed E-state index contributed by atoms with van der Waals surface area (Å²) in [6.07, 6.45) is 28.2. The quantitative estimate of drug-likeness (QED) is 0.0596. The summed E-state index contributed by atoms with van der Waals surface area (Å²) in [6.45, 7) is 12.8. The number of hydrogen-bond acceptors (Lipinski definition) is 2. The molecule has 40 heavy (non-hydrogen) atoms. The van der Waals surface area contributed by atoms with Gasteiger partial charge in [-0.3, -0.25) is 4.90 Å². The third kappa shape index (κ3) is 31.7. The van der Waals surface area contributed by atoms with E-state index in [0.29, 0.717) is 0 Å². The van der Waals surface area contributed by atoms with Crippen molar-refractivity contribution in [1.29, 1.82) is 0 Å². The minimum Gasteiger partial charge on any atom is -0.395 e. The van der Waals surface area contributed by atoms with E-state index in [1.54, 1.807) is 0 Å². The Morgan fingerprint density at radius 2 is 0.675 bits per heavy atom. The number of quaternary nitrogens is 2. The molecule has 0 fully saturated rings. The van der Waals surface area contributed by atoms with E-state index in [0.717, 1.165) is 28.6 Å². The third-order valence-corrected chi connectivity index (χ3v) is 8.69. The van der Waals surface area contributed by atoms with Crippen molar-refractivity contribution in [2.75, 3.05) is 80.6 Å². The minimum absolute atomic E-state index is 0. The minimum atomic E-state index is 0. The van der Waals surface area contributed by atoms with Crippen LogP contribution in [-0.4, -0.2) is 99.6 Å². The molecule has 0 aromatic carbocycles. The zero-order chi connectivity index (χ0) is 28.4. The van der Waals surface area contributed by atoms with Crippen molar-refractivity contribution in [3.05, 3.63) is 0 Å². The van der Waals surface area contributed by atoms with Crippen molar-refractivity contribution < 1.29 is 14.1 Å². The number of rotatable bonds is 30. The summed E-state index contributed by atoms with van der Waals surface area (Å²) in [7, 11) is 9.60. The second-order valence-corrected chi connectivity index (χ2v) is 13.7. The lowest BCUT2D eigenvalue weighted by atomic mass is 10.1. The second kappa shape index (κ2) is 31.2. The molecule has 0 radical (unpaired) electrons. The van der Waals surface area contributed by atoms with Crippen LogP contribution in [-0.2, 0) is 0 Å². The van der Waals surface area contributed by atoms with Crippen LogP contribution in [0.2, 0.25) is 0 Å². The van der Waals surface area contributed by atoms with Gasteiger partial charge in [0, 0.05) is 19.6 Å². The van der Waals surface area contributed by atoms with Gasteiger partial charge in [0.25, 0.3) is 0 Å². The maximum absolute atomic E-state index is 9.65. The molecule has 0 spiro atoms. The zero-order valence-corrected chi connectivity index (χ0v) is 31.8. The molecule has 0 aliphatic carbocycles. The first-order valence-corrected chi connectivity index (χ1v) is 17.2. The van der Waals surface area contributed by atoms with Gasteiger partial charge in [-0.15, -0.1) is 34.0 Å². The van der Waals surface area contributed by atoms with Gasteiger partial charge >= 0.3 is 0 Å². The van der Waals surface area contributed by atoms with E-state index in [1.807, 2.05) is 0 Å². The van der Waals surface area contributed by atoms with Crippen LogP contribution < -0.4 is 0 Å². The average molecular weight is 704 g/mol. The van der Waals surface area contributed by atoms with E-state index in [4.69, 9.17) is 0 Å². The van der Waals surface area contributed by atoms with Gasteiger partial charge in [-0.25, -0.2) is 0 Å². The molecular weight excluding hydrogens is 626 g/mol. The second-order valence-electron chi connectivity index (χ2n) is 13.7. The Balaban J connectivity index is -0.00000684. The smallest absolute Gasteiger partial charge is 0.0911 e. The summed E-state index contributed by atoms with van der Waals surface area (Å²) < 4.78 is 2.21. The fraction of sp³-hybridized carbons (Fsp3) is 1.00. The molecule has 4 nitrogen and oxygen atoms in total. The number of likely N-dealkylation sites (N-methyl/N-ethyl adjacent to an activating group) is 2. The molecule has 246 valence electrons. The van der Waals surface area contributed by atoms with E-state index in [1.165, 1.54) is 155 Å². The van der Waals surface area contributed by atoms with Gasteiger partial charge in [0.15, 0.2) is 0 Å². The molecule has 0 aromatic heterocycles. The Labute approximate surface area is 274 Å². The topological polar surface area (TPSA) is 23.5 Å². The van der Waals surface area contributed by atoms with Crippen molar-refractivity contribution in [3.63, 3.8) is 0 Å². The molecule has 6 heteroatoms. The van der Waals surface area contributed by atoms with Crippen LogP contribution in [0.25, 0.3) is 0 Å². The number of nitrogens with zero attached hydrogens (tertiary/aromatic N) is 3. The monoisotopic (exact) mass is 701 g/mol. The molecule has 0 aromatic rings. The molecule has 0 saturated carbocycles. The van der Waals surface area contributed by atoms with Crippen molar-refractivity contribution in [2.24, 2.45) is 0 Å². The first kappa shape index (κ1) is 45.2. The SMILES string of the molecule is Br.Br.CCCCCCCCCCCC[N+](C)(C)CCN(CCO)CC[N+](C)(C)CCCCCCCCCCCC. The maximum Gasteiger partial charge on any atom is 0.0911 e. The molecule has 0 bridgehead atoms. The van der Waals surface area contributed by atoms with E-state index in [9.17, 15) is 5.11 Å². The Bertz CT molecular complexity index is 452. The molecule has 0 saturated heterocycles. The number of hydrogen-bond donors (Lipinski definition) is 1. The van der Waals surface area contributed by atoms with E-state index < -0.39 is 0 Å². The van der Waals surface area contributed by atoms with Crippen LogP contribution in [0.15, 0.2) is 0 Å². The van der Waals surface area contributed by atoms with Gasteiger partial charge < -0.3 is 14.1 Å². The highest BCUT2D eigenvalue weighted by Crippen LogP contribution is 2.13. The highest BCUT2D eigenvalue weighted by atomic mass is 79.9. The Hall–Kier alpha value is 0.800. The molecule has 0 aliphatic heterocycles. The lowest BCUT2D eigenvalue weighted by molar-refractivity contribution is -0.892. The standard InChI is InChI=1S/C34H75N3O.2BrH/c1-7-9-11-13-15-17-19-21-23-25-30-36(3,4)32-27-35(29-34-38)28-33-37(5,6)31-26-24-22-20-18-16-14-12-10-8-2;;/h38H,7-34H2,1-6H3;2*1H/q+2;;. The van der Waals surface area contributed by atoms with Crippen molar-refractivity contribution in [3.8, 4) is 0 Å². The van der Waals surface area contributed by atoms with Crippen LogP contribution in [0.1, 0.15) is 142 Å². The van der Waals surface area contributed by atoms with Crippen LogP contribution in [0.3, 0.4) is 0 Å². The first-order chi connectivity index (χ1) is 18.3. The van der Waals surface area contributed by atoms with Gasteiger partial charge in [0.2, 0.25) is 0 Å². The van der Waals surface area contributed by atoms with Gasteiger partial charge in [-0.2, -0.15) is 0 Å². The lowest BCUT2D eigenvalue weighted by Gasteiger charge is -2.35. The van der Waals surface area contributed by atoms with Crippen LogP contribution in [0.4, 0.5) is 0 Å². The zero-order valence-electron chi connectivity index (χ0n) is 28.4. The van der Waals surface area contributed by atoms with E-state index in [2.05, 4.69) is 46.9 Å². The van der Waals surface area contributed by atoms with Crippen molar-refractivity contribution in [2.45, 2.75) is 142 Å². The average Bonchev–Trinajstić information content (AvgIpc) is 2.88. The van der Waals surface area contributed by atoms with Crippen molar-refractivity contribution in [1.82, 2.24) is 4.90 Å². The van der Waals surface area contributed by atoms with Gasteiger partial charge in [0.05, 0.1) is 61.0 Å². The number of halogens is 2. The normalized spacial score (nSPS) is 12.0. The van der Waals surface area contributed by atoms with E-state index >= 15 is 0 Å². The summed E-state index contributed by atoms with van der Waals surface area (Å²) in [5.41, 5.74) is 0. The number of aliphatic hydroxyl groups is 1. The molecular formula is C34H77Br2N3O+2. The first-order valence-electron chi connectivity index (χ1n) is 17.2. The van der Waals surface area contributed by atoms with Crippen LogP contribution >= 0.6 is 34.0 Å². The Morgan fingerprint density at radius 3 is 0.950 bits per heavy atom. The molecule has 0 rings (SSSR count). The molecule has 0 atom stereocenters. The Morgan fingerprint density at radius 1 is 0.400 bits per heavy atom. The molecule has 0 heterocycles. The van der Waals surface area contributed by atoms with Gasteiger partial charge in [-0.1, -0.05) is 117 Å². The highest BCUT2D eigenvalue weighted by molar-refractivity contribution is 8.93. The molecule has 0 amide bonds. The fourth-order valence-electron chi connectivity index (χ4n) is 5.58. The summed E-state index contributed by atoms with van der Waals surface area (Å²) in [5, 5.41) is 9.65. The van der Waals surface area contributed by atoms with Gasteiger partial charge in [0.1, 0.15) is 0 Å². The summed E-state index contributed by atoms with van der Waals surface area (Å²) >= 11 is 0. The molecule has 0 aliphatic rings. The summed E-state index contributed by atoms with van der Waals surface area (Å²) in [5.74, 6) is 0. The Kier molecular flexibility index (Phi) is 35.3. The lowest BCUT2D eigenvalue weighted by Crippen LogP contribution is -2.50. The van der Waals surface area contributed by atoms with Crippen LogP contribution in [0, 0.1) is 0 Å². The molecule has 0 unspecified atom stereocenters. The fourth-order valence-corrected chi connectivity index (χ4v) is 5.58. The van der Waals surface area contributed by atoms with Gasteiger partial charge in [-0.05, 0) is 25.7 Å². The highest BCUT2D eigenvalue weighted by Gasteiger charge is 2.20. The predicted octanol–water partition coefficient (Wildman–Crippen LogP) is 9.43. The maximum atomic E-state index is 9.65. The number of aliphatic hydroxyl groups excluding tert-OH is 1. The molecule has 1 N–H and O–H groups in total. The van der Waals surface area contributed by atoms with E-state index in [-0.39, 0.29) is 40.6 Å². The predicted molar refractivity (Wildman–Crippen MR) is 192 cm³/mol. The summed E-state index contributed by atoms with van der Waals surface area (Å²) in [6, 6.07) is 0. The third-order valence-electron chi connectivity index (χ3n) is 8.69. The van der Waals surface area contributed by atoms with Crippen molar-refractivity contribution >= 4 is 34.0 Å². The van der Waals surface area contributed by atoms with Crippen LogP contribution in [0.5, 0.6) is 0 Å².